The largest absolute Gasteiger partial charge is 0.494 e. The predicted molar refractivity (Wildman–Crippen MR) is 159 cm³/mol. The molecule has 0 bridgehead atoms. The maximum atomic E-state index is 14.2. The van der Waals surface area contributed by atoms with E-state index < -0.39 is 15.8 Å². The van der Waals surface area contributed by atoms with Crippen molar-refractivity contribution in [3.8, 4) is 39.8 Å². The highest BCUT2D eigenvalue weighted by molar-refractivity contribution is 9.10. The van der Waals surface area contributed by atoms with Crippen LogP contribution >= 0.6 is 15.9 Å². The summed E-state index contributed by atoms with van der Waals surface area (Å²) in [5, 5.41) is 3.14. The molecule has 0 radical (unpaired) electrons. The Hall–Kier alpha value is -4.13. The van der Waals surface area contributed by atoms with E-state index in [4.69, 9.17) is 9.72 Å². The van der Waals surface area contributed by atoms with Crippen LogP contribution in [0.5, 0.6) is 5.75 Å². The van der Waals surface area contributed by atoms with Crippen LogP contribution in [0.4, 0.5) is 10.3 Å². The third-order valence-corrected chi connectivity index (χ3v) is 8.15. The lowest BCUT2D eigenvalue weighted by atomic mass is 10.1. The minimum atomic E-state index is -3.60. The van der Waals surface area contributed by atoms with Crippen LogP contribution in [0.1, 0.15) is 6.42 Å². The maximum Gasteiger partial charge on any atom is 0.240 e. The summed E-state index contributed by atoms with van der Waals surface area (Å²) in [6.07, 6.45) is 2.13. The summed E-state index contributed by atoms with van der Waals surface area (Å²) in [5.41, 5.74) is 3.32. The predicted octanol–water partition coefficient (Wildman–Crippen LogP) is 5.89. The van der Waals surface area contributed by atoms with Gasteiger partial charge < -0.3 is 15.0 Å². The molecule has 3 aromatic carbocycles. The Labute approximate surface area is 245 Å². The van der Waals surface area contributed by atoms with Gasteiger partial charge in [0.15, 0.2) is 11.6 Å². The Balaban J connectivity index is 1.33. The number of imidazole rings is 1. The van der Waals surface area contributed by atoms with Crippen molar-refractivity contribution in [2.45, 2.75) is 11.3 Å². The van der Waals surface area contributed by atoms with Crippen LogP contribution in [-0.4, -0.2) is 48.6 Å². The van der Waals surface area contributed by atoms with E-state index in [1.807, 2.05) is 30.3 Å². The van der Waals surface area contributed by atoms with Crippen LogP contribution in [0, 0.1) is 5.82 Å². The van der Waals surface area contributed by atoms with E-state index in [1.165, 1.54) is 13.2 Å². The molecule has 12 heteroatoms. The number of nitrogens with zero attached hydrogens (tertiary/aromatic N) is 3. The van der Waals surface area contributed by atoms with Gasteiger partial charge in [0.05, 0.1) is 29.1 Å². The molecule has 0 amide bonds. The molecule has 0 saturated carbocycles. The normalized spacial score (nSPS) is 11.4. The fraction of sp³-hybridized carbons (Fsp3) is 0.138. The minimum Gasteiger partial charge on any atom is -0.494 e. The number of aromatic amines is 1. The lowest BCUT2D eigenvalue weighted by molar-refractivity contribution is 0.387. The molecule has 3 N–H and O–H groups in total. The molecular formula is C29H26BrFN6O3S. The quantitative estimate of drug-likeness (QED) is 0.155. The van der Waals surface area contributed by atoms with Gasteiger partial charge in [-0.25, -0.2) is 32.5 Å². The monoisotopic (exact) mass is 636 g/mol. The van der Waals surface area contributed by atoms with Crippen LogP contribution in [0.2, 0.25) is 0 Å². The Bertz CT molecular complexity index is 1750. The van der Waals surface area contributed by atoms with Gasteiger partial charge in [0.1, 0.15) is 5.82 Å². The summed E-state index contributed by atoms with van der Waals surface area (Å²) in [6, 6.07) is 22.4. The highest BCUT2D eigenvalue weighted by Crippen LogP contribution is 2.34. The molecule has 9 nitrogen and oxygen atoms in total. The van der Waals surface area contributed by atoms with Gasteiger partial charge in [-0.05, 0) is 55.0 Å². The average molecular weight is 638 g/mol. The van der Waals surface area contributed by atoms with Gasteiger partial charge in [0.25, 0.3) is 0 Å². The number of methoxy groups -OCH3 is 1. The number of hydrogen-bond donors (Lipinski definition) is 3. The molecule has 0 atom stereocenters. The third-order valence-electron chi connectivity index (χ3n) is 6.14. The van der Waals surface area contributed by atoms with Crippen LogP contribution < -0.4 is 14.8 Å². The molecule has 210 valence electrons. The van der Waals surface area contributed by atoms with Crippen molar-refractivity contribution < 1.29 is 17.5 Å². The van der Waals surface area contributed by atoms with Gasteiger partial charge >= 0.3 is 0 Å². The van der Waals surface area contributed by atoms with Crippen molar-refractivity contribution in [3.05, 3.63) is 95.3 Å². The number of halogens is 2. The van der Waals surface area contributed by atoms with Gasteiger partial charge in [0, 0.05) is 34.9 Å². The van der Waals surface area contributed by atoms with E-state index in [0.29, 0.717) is 47.4 Å². The summed E-state index contributed by atoms with van der Waals surface area (Å²) in [4.78, 5) is 17.3. The standard InChI is InChI=1S/C29H26BrFN6O3S/c1-40-25-18-20(8-13-23(25)31)26-27(37-28(36-26)19-6-3-2-4-7-19)24-14-17-33-29(35-24)32-15-5-16-34-41(38,39)22-11-9-21(30)10-12-22/h2-4,6-14,17-18,34H,5,15-16H2,1H3,(H,36,37)(H,32,33,35). The SMILES string of the molecule is COc1cc(-c2nc(-c3ccccc3)[nH]c2-c2ccnc(NCCCNS(=O)(=O)c3ccc(Br)cc3)n2)ccc1F. The Morgan fingerprint density at radius 1 is 0.951 bits per heavy atom. The van der Waals surface area contributed by atoms with Gasteiger partial charge in [-0.1, -0.05) is 46.3 Å². The zero-order valence-corrected chi connectivity index (χ0v) is 24.3. The third kappa shape index (κ3) is 6.79. The van der Waals surface area contributed by atoms with E-state index in [1.54, 1.807) is 48.7 Å². The molecule has 41 heavy (non-hydrogen) atoms. The van der Waals surface area contributed by atoms with E-state index in [0.717, 1.165) is 10.0 Å². The van der Waals surface area contributed by atoms with Gasteiger partial charge in [0.2, 0.25) is 16.0 Å². The molecule has 0 aliphatic heterocycles. The second-order valence-electron chi connectivity index (χ2n) is 8.92. The molecule has 2 aromatic heterocycles. The molecule has 0 fully saturated rings. The number of sulfonamides is 1. The van der Waals surface area contributed by atoms with Crippen molar-refractivity contribution in [1.29, 1.82) is 0 Å². The van der Waals surface area contributed by atoms with E-state index in [9.17, 15) is 12.8 Å². The molecule has 2 heterocycles. The van der Waals surface area contributed by atoms with Gasteiger partial charge in [-0.3, -0.25) is 0 Å². The molecule has 0 aliphatic rings. The van der Waals surface area contributed by atoms with Crippen LogP contribution in [-0.2, 0) is 10.0 Å². The van der Waals surface area contributed by atoms with Gasteiger partial charge in [-0.2, -0.15) is 0 Å². The molecule has 5 rings (SSSR count). The van der Waals surface area contributed by atoms with Crippen molar-refractivity contribution in [2.24, 2.45) is 0 Å². The van der Waals surface area contributed by atoms with Gasteiger partial charge in [-0.15, -0.1) is 0 Å². The van der Waals surface area contributed by atoms with Crippen molar-refractivity contribution in [1.82, 2.24) is 24.7 Å². The molecular weight excluding hydrogens is 611 g/mol. The molecule has 5 aromatic rings. The number of nitrogens with one attached hydrogen (secondary N) is 3. The summed E-state index contributed by atoms with van der Waals surface area (Å²) in [6.45, 7) is 0.676. The summed E-state index contributed by atoms with van der Waals surface area (Å²) in [7, 11) is -2.18. The second kappa shape index (κ2) is 12.6. The number of aromatic nitrogens is 4. The van der Waals surface area contributed by atoms with E-state index >= 15 is 0 Å². The fourth-order valence-electron chi connectivity index (χ4n) is 4.08. The first kappa shape index (κ1) is 28.4. The summed E-state index contributed by atoms with van der Waals surface area (Å²) < 4.78 is 47.7. The van der Waals surface area contributed by atoms with E-state index in [-0.39, 0.29) is 17.2 Å². The van der Waals surface area contributed by atoms with Crippen LogP contribution in [0.25, 0.3) is 34.0 Å². The first-order chi connectivity index (χ1) is 19.8. The smallest absolute Gasteiger partial charge is 0.240 e. The van der Waals surface area contributed by atoms with E-state index in [2.05, 4.69) is 40.9 Å². The topological polar surface area (TPSA) is 122 Å². The molecule has 0 spiro atoms. The maximum absolute atomic E-state index is 14.2. The zero-order chi connectivity index (χ0) is 28.8. The number of rotatable bonds is 11. The Kier molecular flexibility index (Phi) is 8.72. The highest BCUT2D eigenvalue weighted by atomic mass is 79.9. The number of benzene rings is 3. The summed E-state index contributed by atoms with van der Waals surface area (Å²) in [5.74, 6) is 0.643. The molecule has 0 saturated heterocycles. The second-order valence-corrected chi connectivity index (χ2v) is 11.6. The molecule has 0 aliphatic carbocycles. The first-order valence-corrected chi connectivity index (χ1v) is 14.9. The van der Waals surface area contributed by atoms with Crippen molar-refractivity contribution >= 4 is 31.9 Å². The minimum absolute atomic E-state index is 0.110. The number of anilines is 1. The Morgan fingerprint density at radius 3 is 2.49 bits per heavy atom. The van der Waals surface area contributed by atoms with Crippen molar-refractivity contribution in [3.63, 3.8) is 0 Å². The number of ether oxygens (including phenoxy) is 1. The number of hydrogen-bond acceptors (Lipinski definition) is 7. The Morgan fingerprint density at radius 2 is 1.73 bits per heavy atom. The molecule has 0 unspecified atom stereocenters. The summed E-state index contributed by atoms with van der Waals surface area (Å²) >= 11 is 3.30. The average Bonchev–Trinajstić information content (AvgIpc) is 3.44. The first-order valence-electron chi connectivity index (χ1n) is 12.7. The number of H-pyrrole nitrogens is 1. The lowest BCUT2D eigenvalue weighted by Crippen LogP contribution is -2.26. The van der Waals surface area contributed by atoms with Crippen LogP contribution in [0.3, 0.4) is 0 Å². The van der Waals surface area contributed by atoms with Crippen LogP contribution in [0.15, 0.2) is 94.4 Å². The lowest BCUT2D eigenvalue weighted by Gasteiger charge is -2.09. The van der Waals surface area contributed by atoms with Crippen molar-refractivity contribution in [2.75, 3.05) is 25.5 Å². The highest BCUT2D eigenvalue weighted by Gasteiger charge is 2.19. The fourth-order valence-corrected chi connectivity index (χ4v) is 5.42. The zero-order valence-electron chi connectivity index (χ0n) is 21.9.